The number of nitrogens with zero attached hydrogens (tertiary/aromatic N) is 1. The molecule has 20 heavy (non-hydrogen) atoms. The fraction of sp³-hybridized carbons (Fsp3) is 0.375. The van der Waals surface area contributed by atoms with Crippen LogP contribution in [0.1, 0.15) is 36.5 Å². The topological polar surface area (TPSA) is 62.2 Å². The molecule has 0 saturated heterocycles. The Labute approximate surface area is 117 Å². The SMILES string of the molecule is CC(CC1CC1)Nc1ncc(C(=O)O)c2ccccc12. The molecular weight excluding hydrogens is 252 g/mol. The zero-order valence-corrected chi connectivity index (χ0v) is 11.5. The highest BCUT2D eigenvalue weighted by molar-refractivity contribution is 6.06. The fourth-order valence-corrected chi connectivity index (χ4v) is 2.62. The van der Waals surface area contributed by atoms with Crippen LogP contribution in [0.25, 0.3) is 10.8 Å². The van der Waals surface area contributed by atoms with Gasteiger partial charge >= 0.3 is 5.97 Å². The van der Waals surface area contributed by atoms with E-state index in [1.54, 1.807) is 0 Å². The number of carboxylic acids is 1. The van der Waals surface area contributed by atoms with Gasteiger partial charge in [-0.1, -0.05) is 37.1 Å². The van der Waals surface area contributed by atoms with Gasteiger partial charge in [-0.15, -0.1) is 0 Å². The van der Waals surface area contributed by atoms with Gasteiger partial charge in [0.2, 0.25) is 0 Å². The van der Waals surface area contributed by atoms with E-state index in [9.17, 15) is 9.90 Å². The smallest absolute Gasteiger partial charge is 0.337 e. The molecule has 1 aliphatic rings. The van der Waals surface area contributed by atoms with E-state index >= 15 is 0 Å². The Kier molecular flexibility index (Phi) is 3.30. The van der Waals surface area contributed by atoms with Crippen molar-refractivity contribution in [3.8, 4) is 0 Å². The third kappa shape index (κ3) is 2.59. The summed E-state index contributed by atoms with van der Waals surface area (Å²) in [5, 5.41) is 14.2. The van der Waals surface area contributed by atoms with Gasteiger partial charge in [0.15, 0.2) is 0 Å². The summed E-state index contributed by atoms with van der Waals surface area (Å²) in [4.78, 5) is 15.5. The van der Waals surface area contributed by atoms with E-state index in [1.165, 1.54) is 19.0 Å². The molecule has 0 amide bonds. The predicted octanol–water partition coefficient (Wildman–Crippen LogP) is 3.53. The second kappa shape index (κ2) is 5.12. The highest BCUT2D eigenvalue weighted by Gasteiger charge is 2.24. The molecule has 1 aliphatic carbocycles. The van der Waals surface area contributed by atoms with Crippen molar-refractivity contribution in [1.82, 2.24) is 4.98 Å². The maximum atomic E-state index is 11.2. The maximum absolute atomic E-state index is 11.2. The molecule has 1 atom stereocenters. The Bertz CT molecular complexity index is 650. The summed E-state index contributed by atoms with van der Waals surface area (Å²) in [6.07, 6.45) is 5.25. The van der Waals surface area contributed by atoms with E-state index < -0.39 is 5.97 Å². The van der Waals surface area contributed by atoms with Gasteiger partial charge in [0.25, 0.3) is 0 Å². The molecular formula is C16H18N2O2. The molecule has 2 aromatic rings. The lowest BCUT2D eigenvalue weighted by atomic mass is 10.1. The average Bonchev–Trinajstić information content (AvgIpc) is 3.22. The fourth-order valence-electron chi connectivity index (χ4n) is 2.62. The Morgan fingerprint density at radius 2 is 2.10 bits per heavy atom. The Hall–Kier alpha value is -2.10. The van der Waals surface area contributed by atoms with Crippen molar-refractivity contribution in [3.63, 3.8) is 0 Å². The lowest BCUT2D eigenvalue weighted by Crippen LogP contribution is -2.17. The maximum Gasteiger partial charge on any atom is 0.337 e. The Balaban J connectivity index is 1.94. The van der Waals surface area contributed by atoms with Gasteiger partial charge in [-0.05, 0) is 19.3 Å². The summed E-state index contributed by atoms with van der Waals surface area (Å²) in [7, 11) is 0. The van der Waals surface area contributed by atoms with Gasteiger partial charge in [-0.2, -0.15) is 0 Å². The summed E-state index contributed by atoms with van der Waals surface area (Å²) >= 11 is 0. The quantitative estimate of drug-likeness (QED) is 0.872. The number of pyridine rings is 1. The lowest BCUT2D eigenvalue weighted by molar-refractivity contribution is 0.0698. The molecule has 1 fully saturated rings. The minimum absolute atomic E-state index is 0.251. The van der Waals surface area contributed by atoms with Crippen LogP contribution >= 0.6 is 0 Å². The van der Waals surface area contributed by atoms with Crippen LogP contribution in [0.15, 0.2) is 30.5 Å². The monoisotopic (exact) mass is 270 g/mol. The van der Waals surface area contributed by atoms with Crippen LogP contribution in [0.5, 0.6) is 0 Å². The van der Waals surface area contributed by atoms with Crippen molar-refractivity contribution < 1.29 is 9.90 Å². The van der Waals surface area contributed by atoms with E-state index in [1.807, 2.05) is 24.3 Å². The zero-order valence-electron chi connectivity index (χ0n) is 11.5. The van der Waals surface area contributed by atoms with Crippen molar-refractivity contribution in [2.24, 2.45) is 5.92 Å². The van der Waals surface area contributed by atoms with Crippen LogP contribution in [0, 0.1) is 5.92 Å². The normalized spacial score (nSPS) is 16.1. The number of benzene rings is 1. The number of carbonyl (C=O) groups is 1. The Morgan fingerprint density at radius 1 is 1.40 bits per heavy atom. The van der Waals surface area contributed by atoms with Crippen LogP contribution in [0.2, 0.25) is 0 Å². The van der Waals surface area contributed by atoms with E-state index in [0.717, 1.165) is 28.9 Å². The van der Waals surface area contributed by atoms with Gasteiger partial charge in [0.1, 0.15) is 5.82 Å². The molecule has 2 N–H and O–H groups in total. The minimum atomic E-state index is -0.939. The minimum Gasteiger partial charge on any atom is -0.478 e. The molecule has 0 aliphatic heterocycles. The number of anilines is 1. The number of nitrogens with one attached hydrogen (secondary N) is 1. The number of aromatic carboxylic acids is 1. The number of hydrogen-bond acceptors (Lipinski definition) is 3. The number of carboxylic acid groups (broad SMARTS) is 1. The summed E-state index contributed by atoms with van der Waals surface area (Å²) < 4.78 is 0. The molecule has 0 radical (unpaired) electrons. The van der Waals surface area contributed by atoms with Crippen LogP contribution in [-0.4, -0.2) is 22.1 Å². The predicted molar refractivity (Wildman–Crippen MR) is 79.1 cm³/mol. The molecule has 1 saturated carbocycles. The van der Waals surface area contributed by atoms with Crippen molar-refractivity contribution in [1.29, 1.82) is 0 Å². The first-order valence-electron chi connectivity index (χ1n) is 7.02. The van der Waals surface area contributed by atoms with Crippen molar-refractivity contribution in [2.75, 3.05) is 5.32 Å². The Morgan fingerprint density at radius 3 is 2.75 bits per heavy atom. The second-order valence-corrected chi connectivity index (χ2v) is 5.60. The van der Waals surface area contributed by atoms with Crippen LogP contribution in [-0.2, 0) is 0 Å². The molecule has 4 nitrogen and oxygen atoms in total. The molecule has 3 rings (SSSR count). The molecule has 1 aromatic heterocycles. The highest BCUT2D eigenvalue weighted by atomic mass is 16.4. The standard InChI is InChI=1S/C16H18N2O2/c1-10(8-11-6-7-11)18-15-13-5-3-2-4-12(13)14(9-17-15)16(19)20/h2-5,9-11H,6-8H2,1H3,(H,17,18)(H,19,20). The number of aromatic nitrogens is 1. The number of fused-ring (bicyclic) bond motifs is 1. The van der Waals surface area contributed by atoms with E-state index in [0.29, 0.717) is 6.04 Å². The van der Waals surface area contributed by atoms with Gasteiger partial charge < -0.3 is 10.4 Å². The summed E-state index contributed by atoms with van der Waals surface area (Å²) in [6, 6.07) is 7.87. The summed E-state index contributed by atoms with van der Waals surface area (Å²) in [5.41, 5.74) is 0.251. The van der Waals surface area contributed by atoms with Crippen LogP contribution in [0.3, 0.4) is 0 Å². The van der Waals surface area contributed by atoms with Crippen molar-refractivity contribution in [3.05, 3.63) is 36.0 Å². The van der Waals surface area contributed by atoms with E-state index in [-0.39, 0.29) is 5.56 Å². The molecule has 1 unspecified atom stereocenters. The second-order valence-electron chi connectivity index (χ2n) is 5.60. The van der Waals surface area contributed by atoms with Crippen molar-refractivity contribution in [2.45, 2.75) is 32.2 Å². The largest absolute Gasteiger partial charge is 0.478 e. The summed E-state index contributed by atoms with van der Waals surface area (Å²) in [5.74, 6) is 0.687. The molecule has 0 spiro atoms. The van der Waals surface area contributed by atoms with Gasteiger partial charge in [-0.25, -0.2) is 9.78 Å². The zero-order chi connectivity index (χ0) is 14.1. The van der Waals surface area contributed by atoms with Crippen molar-refractivity contribution >= 4 is 22.6 Å². The van der Waals surface area contributed by atoms with Crippen LogP contribution < -0.4 is 5.32 Å². The van der Waals surface area contributed by atoms with E-state index in [4.69, 9.17) is 0 Å². The third-order valence-electron chi connectivity index (χ3n) is 3.79. The third-order valence-corrected chi connectivity index (χ3v) is 3.79. The molecule has 1 heterocycles. The van der Waals surface area contributed by atoms with Crippen LogP contribution in [0.4, 0.5) is 5.82 Å². The number of hydrogen-bond donors (Lipinski definition) is 2. The van der Waals surface area contributed by atoms with Gasteiger partial charge in [0, 0.05) is 23.0 Å². The molecule has 104 valence electrons. The van der Waals surface area contributed by atoms with Gasteiger partial charge in [0.05, 0.1) is 5.56 Å². The first-order valence-corrected chi connectivity index (χ1v) is 7.02. The first kappa shape index (κ1) is 12.9. The number of rotatable bonds is 5. The first-order chi connectivity index (χ1) is 9.65. The van der Waals surface area contributed by atoms with E-state index in [2.05, 4.69) is 17.2 Å². The lowest BCUT2D eigenvalue weighted by Gasteiger charge is -2.16. The highest BCUT2D eigenvalue weighted by Crippen LogP contribution is 2.34. The molecule has 4 heteroatoms. The average molecular weight is 270 g/mol. The summed E-state index contributed by atoms with van der Waals surface area (Å²) in [6.45, 7) is 2.15. The molecule has 1 aromatic carbocycles. The molecule has 0 bridgehead atoms. The van der Waals surface area contributed by atoms with Gasteiger partial charge in [-0.3, -0.25) is 0 Å².